The molecule has 1 aromatic heterocycles. The molecule has 1 atom stereocenters. The van der Waals surface area contributed by atoms with Crippen LogP contribution in [-0.4, -0.2) is 28.7 Å². The van der Waals surface area contributed by atoms with Crippen LogP contribution in [0.25, 0.3) is 10.9 Å². The summed E-state index contributed by atoms with van der Waals surface area (Å²) in [5.74, 6) is 0.475. The van der Waals surface area contributed by atoms with E-state index >= 15 is 0 Å². The van der Waals surface area contributed by atoms with Gasteiger partial charge in [0.25, 0.3) is 0 Å². The van der Waals surface area contributed by atoms with Crippen molar-refractivity contribution in [3.63, 3.8) is 0 Å². The third-order valence-corrected chi connectivity index (χ3v) is 7.01. The zero-order chi connectivity index (χ0) is 22.1. The lowest BCUT2D eigenvalue weighted by Gasteiger charge is -2.30. The third-order valence-electron chi connectivity index (χ3n) is 5.60. The molecule has 1 N–H and O–H groups in total. The first-order valence-corrected chi connectivity index (χ1v) is 11.8. The number of hydrogen-bond donors (Lipinski definition) is 1. The number of anilines is 1. The van der Waals surface area contributed by atoms with E-state index in [1.807, 2.05) is 31.3 Å². The number of rotatable bonds is 5. The Bertz CT molecular complexity index is 1120. The zero-order valence-electron chi connectivity index (χ0n) is 17.9. The fourth-order valence-corrected chi connectivity index (χ4v) is 5.23. The molecule has 0 radical (unpaired) electrons. The van der Waals surface area contributed by atoms with Crippen LogP contribution in [0.3, 0.4) is 0 Å². The van der Waals surface area contributed by atoms with E-state index in [1.54, 1.807) is 29.2 Å². The second kappa shape index (κ2) is 8.97. The van der Waals surface area contributed by atoms with Crippen LogP contribution in [-0.2, 0) is 16.6 Å². The number of fused-ring (bicyclic) bond motifs is 3. The van der Waals surface area contributed by atoms with Gasteiger partial charge >= 0.3 is 0 Å². The molecule has 0 saturated carbocycles. The quantitative estimate of drug-likeness (QED) is 0.577. The van der Waals surface area contributed by atoms with Crippen molar-refractivity contribution in [2.24, 2.45) is 13.0 Å². The van der Waals surface area contributed by atoms with E-state index in [1.165, 1.54) is 11.8 Å². The molecule has 3 aromatic rings. The maximum absolute atomic E-state index is 13.6. The second-order valence-corrected chi connectivity index (χ2v) is 9.60. The van der Waals surface area contributed by atoms with Crippen molar-refractivity contribution in [1.82, 2.24) is 9.88 Å². The summed E-state index contributed by atoms with van der Waals surface area (Å²) in [6.45, 7) is 4.82. The van der Waals surface area contributed by atoms with Crippen molar-refractivity contribution in [3.05, 3.63) is 59.1 Å². The van der Waals surface area contributed by atoms with Gasteiger partial charge in [0.2, 0.25) is 11.8 Å². The van der Waals surface area contributed by atoms with Gasteiger partial charge in [0.15, 0.2) is 0 Å². The molecule has 2 amide bonds. The molecule has 31 heavy (non-hydrogen) atoms. The molecule has 1 unspecified atom stereocenters. The highest BCUT2D eigenvalue weighted by Gasteiger charge is 2.39. The van der Waals surface area contributed by atoms with Crippen molar-refractivity contribution in [1.29, 1.82) is 0 Å². The first kappa shape index (κ1) is 21.8. The number of carbonyl (C=O) groups is 2. The lowest BCUT2D eigenvalue weighted by atomic mass is 10.0. The summed E-state index contributed by atoms with van der Waals surface area (Å²) < 4.78 is 2.09. The minimum Gasteiger partial charge on any atom is -0.354 e. The Morgan fingerprint density at radius 2 is 1.90 bits per heavy atom. The van der Waals surface area contributed by atoms with Crippen LogP contribution in [0.1, 0.15) is 31.9 Å². The first-order chi connectivity index (χ1) is 14.9. The number of aromatic nitrogens is 1. The first-order valence-electron chi connectivity index (χ1n) is 10.4. The van der Waals surface area contributed by atoms with E-state index in [4.69, 9.17) is 11.6 Å². The molecule has 2 heterocycles. The summed E-state index contributed by atoms with van der Waals surface area (Å²) in [4.78, 5) is 28.5. The molecule has 7 heteroatoms. The number of carbonyl (C=O) groups excluding carboxylic acids is 2. The van der Waals surface area contributed by atoms with Crippen LogP contribution in [0.15, 0.2) is 53.6 Å². The van der Waals surface area contributed by atoms with E-state index in [-0.39, 0.29) is 17.6 Å². The summed E-state index contributed by atoms with van der Waals surface area (Å²) in [5.41, 5.74) is 2.59. The average Bonchev–Trinajstić information content (AvgIpc) is 2.92. The third kappa shape index (κ3) is 4.19. The summed E-state index contributed by atoms with van der Waals surface area (Å²) in [6.07, 6.45) is 0.879. The number of amides is 2. The van der Waals surface area contributed by atoms with E-state index in [0.29, 0.717) is 23.2 Å². The topological polar surface area (TPSA) is 54.3 Å². The lowest BCUT2D eigenvalue weighted by Crippen LogP contribution is -2.44. The number of nitrogens with one attached hydrogen (secondary N) is 1. The molecule has 162 valence electrons. The van der Waals surface area contributed by atoms with Crippen LogP contribution in [0.4, 0.5) is 5.69 Å². The van der Waals surface area contributed by atoms with Gasteiger partial charge in [0, 0.05) is 40.8 Å². The number of para-hydroxylation sites is 1. The van der Waals surface area contributed by atoms with Gasteiger partial charge in [-0.05, 0) is 42.7 Å². The van der Waals surface area contributed by atoms with Crippen LogP contribution in [0.2, 0.25) is 5.02 Å². The Morgan fingerprint density at radius 3 is 2.61 bits per heavy atom. The van der Waals surface area contributed by atoms with Gasteiger partial charge in [-0.15, -0.1) is 0 Å². The Hall–Kier alpha value is -2.44. The fraction of sp³-hybridized carbons (Fsp3) is 0.333. The fourth-order valence-electron chi connectivity index (χ4n) is 4.03. The van der Waals surface area contributed by atoms with E-state index in [0.717, 1.165) is 27.9 Å². The molecular formula is C24H26ClN3O2S. The number of benzene rings is 2. The van der Waals surface area contributed by atoms with Crippen LogP contribution < -0.4 is 10.2 Å². The summed E-state index contributed by atoms with van der Waals surface area (Å²) in [7, 11) is 1.99. The standard InChI is InChI=1S/C24H26ClN3O2S/c1-15(2)12-13-26-23(30)22-21-18-6-4-5-7-19(18)27(3)24(21)31-14-20(29)28(22)17-10-8-16(25)9-11-17/h4-11,15,22H,12-14H2,1-3H3,(H,26,30). The van der Waals surface area contributed by atoms with Crippen molar-refractivity contribution in [2.75, 3.05) is 17.2 Å². The van der Waals surface area contributed by atoms with Gasteiger partial charge in [-0.3, -0.25) is 14.5 Å². The minimum atomic E-state index is -0.753. The maximum Gasteiger partial charge on any atom is 0.247 e. The van der Waals surface area contributed by atoms with E-state index in [2.05, 4.69) is 23.7 Å². The number of halogens is 1. The number of nitrogens with zero attached hydrogens (tertiary/aromatic N) is 2. The number of aryl methyl sites for hydroxylation is 1. The molecule has 0 fully saturated rings. The largest absolute Gasteiger partial charge is 0.354 e. The van der Waals surface area contributed by atoms with Crippen molar-refractivity contribution in [3.8, 4) is 0 Å². The predicted octanol–water partition coefficient (Wildman–Crippen LogP) is 5.17. The predicted molar refractivity (Wildman–Crippen MR) is 128 cm³/mol. The SMILES string of the molecule is CC(C)CCNC(=O)C1c2c(n(C)c3ccccc23)SCC(=O)N1c1ccc(Cl)cc1. The van der Waals surface area contributed by atoms with Crippen LogP contribution in [0.5, 0.6) is 0 Å². The molecule has 5 nitrogen and oxygen atoms in total. The highest BCUT2D eigenvalue weighted by molar-refractivity contribution is 8.00. The molecule has 2 aromatic carbocycles. The molecule has 0 bridgehead atoms. The summed E-state index contributed by atoms with van der Waals surface area (Å²) >= 11 is 7.58. The van der Waals surface area contributed by atoms with Gasteiger partial charge in [-0.25, -0.2) is 0 Å². The number of thioether (sulfide) groups is 1. The van der Waals surface area contributed by atoms with Crippen LogP contribution >= 0.6 is 23.4 Å². The van der Waals surface area contributed by atoms with Gasteiger partial charge in [0.05, 0.1) is 10.8 Å². The summed E-state index contributed by atoms with van der Waals surface area (Å²) in [6, 6.07) is 14.4. The van der Waals surface area contributed by atoms with E-state index in [9.17, 15) is 9.59 Å². The van der Waals surface area contributed by atoms with Crippen molar-refractivity contribution < 1.29 is 9.59 Å². The van der Waals surface area contributed by atoms with Gasteiger partial charge in [0.1, 0.15) is 6.04 Å². The molecule has 1 aliphatic heterocycles. The van der Waals surface area contributed by atoms with Crippen molar-refractivity contribution >= 4 is 51.8 Å². The maximum atomic E-state index is 13.6. The Morgan fingerprint density at radius 1 is 1.19 bits per heavy atom. The monoisotopic (exact) mass is 455 g/mol. The van der Waals surface area contributed by atoms with Gasteiger partial charge < -0.3 is 9.88 Å². The van der Waals surface area contributed by atoms with Crippen molar-refractivity contribution in [2.45, 2.75) is 31.3 Å². The molecule has 0 aliphatic carbocycles. The number of hydrogen-bond acceptors (Lipinski definition) is 3. The molecule has 1 aliphatic rings. The minimum absolute atomic E-state index is 0.100. The highest BCUT2D eigenvalue weighted by atomic mass is 35.5. The van der Waals surface area contributed by atoms with Gasteiger partial charge in [-0.1, -0.05) is 55.4 Å². The van der Waals surface area contributed by atoms with E-state index < -0.39 is 6.04 Å². The van der Waals surface area contributed by atoms with Gasteiger partial charge in [-0.2, -0.15) is 0 Å². The highest BCUT2D eigenvalue weighted by Crippen LogP contribution is 2.43. The Balaban J connectivity index is 1.87. The molecular weight excluding hydrogens is 430 g/mol. The van der Waals surface area contributed by atoms with Crippen LogP contribution in [0, 0.1) is 5.92 Å². The zero-order valence-corrected chi connectivity index (χ0v) is 19.5. The molecule has 0 saturated heterocycles. The summed E-state index contributed by atoms with van der Waals surface area (Å²) in [5, 5.41) is 5.61. The Kier molecular flexibility index (Phi) is 6.30. The average molecular weight is 456 g/mol. The lowest BCUT2D eigenvalue weighted by molar-refractivity contribution is -0.125. The molecule has 4 rings (SSSR count). The normalized spacial score (nSPS) is 16.5. The molecule has 0 spiro atoms. The second-order valence-electron chi connectivity index (χ2n) is 8.20. The Labute approximate surface area is 191 Å². The smallest absolute Gasteiger partial charge is 0.247 e.